The highest BCUT2D eigenvalue weighted by atomic mass is 32.2. The second-order valence-electron chi connectivity index (χ2n) is 8.27. The van der Waals surface area contributed by atoms with E-state index in [-0.39, 0.29) is 0 Å². The van der Waals surface area contributed by atoms with Crippen LogP contribution in [0.4, 0.5) is 5.82 Å². The molecule has 0 aromatic carbocycles. The zero-order valence-electron chi connectivity index (χ0n) is 18.6. The number of nitrogen functional groups attached to an aromatic ring is 1. The van der Waals surface area contributed by atoms with Crippen LogP contribution in [0.15, 0.2) is 17.3 Å². The van der Waals surface area contributed by atoms with Gasteiger partial charge in [-0.2, -0.15) is 0 Å². The predicted molar refractivity (Wildman–Crippen MR) is 125 cm³/mol. The Balaban J connectivity index is 0.000000239. The van der Waals surface area contributed by atoms with Crippen molar-refractivity contribution >= 4 is 28.0 Å². The second kappa shape index (κ2) is 11.8. The first kappa shape index (κ1) is 23.2. The van der Waals surface area contributed by atoms with E-state index >= 15 is 0 Å². The Labute approximate surface area is 183 Å². The van der Waals surface area contributed by atoms with Crippen LogP contribution in [0.2, 0.25) is 0 Å². The molecule has 1 saturated heterocycles. The van der Waals surface area contributed by atoms with Gasteiger partial charge < -0.3 is 15.2 Å². The van der Waals surface area contributed by atoms with Gasteiger partial charge in [0.2, 0.25) is 0 Å². The minimum absolute atomic E-state index is 0.338. The first-order valence-corrected chi connectivity index (χ1v) is 12.8. The number of aromatic nitrogens is 3. The van der Waals surface area contributed by atoms with E-state index in [9.17, 15) is 4.21 Å². The largest absolute Gasteiger partial charge is 0.384 e. The summed E-state index contributed by atoms with van der Waals surface area (Å²) in [6, 6.07) is 0.338. The molecule has 2 aliphatic rings. The number of anilines is 1. The average Bonchev–Trinajstić information content (AvgIpc) is 3.08. The summed E-state index contributed by atoms with van der Waals surface area (Å²) >= 11 is 0. The monoisotopic (exact) mass is 434 g/mol. The van der Waals surface area contributed by atoms with E-state index in [4.69, 9.17) is 5.73 Å². The van der Waals surface area contributed by atoms with Crippen molar-refractivity contribution in [3.8, 4) is 0 Å². The molecule has 1 atom stereocenters. The molecule has 1 aliphatic carbocycles. The summed E-state index contributed by atoms with van der Waals surface area (Å²) in [7, 11) is -1.35. The van der Waals surface area contributed by atoms with Crippen molar-refractivity contribution in [1.29, 1.82) is 0 Å². The van der Waals surface area contributed by atoms with E-state index in [1.807, 2.05) is 11.5 Å². The number of piperidine rings is 1. The topological polar surface area (TPSA) is 89.1 Å². The Kier molecular flexibility index (Phi) is 9.08. The Hall–Kier alpha value is -1.51. The maximum absolute atomic E-state index is 12.4. The number of nitrogens with one attached hydrogen (secondary N) is 1. The van der Waals surface area contributed by atoms with E-state index in [2.05, 4.69) is 26.5 Å². The molecule has 168 valence electrons. The third kappa shape index (κ3) is 5.59. The molecule has 0 amide bonds. The van der Waals surface area contributed by atoms with Gasteiger partial charge in [0.15, 0.2) is 5.65 Å². The van der Waals surface area contributed by atoms with E-state index < -0.39 is 11.0 Å². The van der Waals surface area contributed by atoms with Gasteiger partial charge >= 0.3 is 0 Å². The number of fused-ring (bicyclic) bond motifs is 1. The first-order valence-electron chi connectivity index (χ1n) is 11.6. The first-order chi connectivity index (χ1) is 14.7. The third-order valence-corrected chi connectivity index (χ3v) is 7.33. The Morgan fingerprint density at radius 2 is 1.73 bits per heavy atom. The number of hydrogen-bond donors (Lipinski definition) is 2. The third-order valence-electron chi connectivity index (χ3n) is 6.00. The summed E-state index contributed by atoms with van der Waals surface area (Å²) < 4.78 is 17.4. The molecule has 4 rings (SSSR count). The maximum Gasteiger partial charge on any atom is 0.161 e. The van der Waals surface area contributed by atoms with Crippen molar-refractivity contribution in [2.75, 3.05) is 31.9 Å². The zero-order valence-corrected chi connectivity index (χ0v) is 19.4. The van der Waals surface area contributed by atoms with Crippen LogP contribution in [-0.4, -0.2) is 49.8 Å². The molecule has 1 aliphatic heterocycles. The van der Waals surface area contributed by atoms with Crippen molar-refractivity contribution < 1.29 is 4.21 Å². The van der Waals surface area contributed by atoms with Gasteiger partial charge in [-0.15, -0.1) is 0 Å². The molecule has 2 aromatic heterocycles. The lowest BCUT2D eigenvalue weighted by atomic mass is 9.95. The average molecular weight is 435 g/mol. The normalized spacial score (nSPS) is 19.4. The molecule has 3 N–H and O–H groups in total. The number of nitrogens with two attached hydrogens (primary N) is 1. The highest BCUT2D eigenvalue weighted by molar-refractivity contribution is 7.83. The van der Waals surface area contributed by atoms with Gasteiger partial charge in [0.1, 0.15) is 27.2 Å². The number of likely N-dealkylation sites (tertiary alicyclic amines) is 1. The molecule has 0 bridgehead atoms. The molecule has 8 heteroatoms. The van der Waals surface area contributed by atoms with Gasteiger partial charge in [-0.25, -0.2) is 18.9 Å². The van der Waals surface area contributed by atoms with Crippen LogP contribution in [-0.2, 0) is 11.0 Å². The summed E-state index contributed by atoms with van der Waals surface area (Å²) in [5.74, 6) is 0.544. The number of nitrogens with zero attached hydrogens (tertiary/aromatic N) is 4. The highest BCUT2D eigenvalue weighted by Crippen LogP contribution is 2.37. The fourth-order valence-electron chi connectivity index (χ4n) is 4.61. The summed E-state index contributed by atoms with van der Waals surface area (Å²) in [4.78, 5) is 12.0. The van der Waals surface area contributed by atoms with Gasteiger partial charge in [0, 0.05) is 25.0 Å². The minimum atomic E-state index is -1.35. The number of rotatable bonds is 6. The molecule has 3 heterocycles. The van der Waals surface area contributed by atoms with Gasteiger partial charge in [0.25, 0.3) is 0 Å². The van der Waals surface area contributed by atoms with Gasteiger partial charge in [-0.1, -0.05) is 39.5 Å². The molecule has 1 saturated carbocycles. The Morgan fingerprint density at radius 1 is 1.07 bits per heavy atom. The van der Waals surface area contributed by atoms with Gasteiger partial charge in [-0.3, -0.25) is 0 Å². The van der Waals surface area contributed by atoms with Gasteiger partial charge in [-0.05, 0) is 51.7 Å². The van der Waals surface area contributed by atoms with Crippen molar-refractivity contribution in [3.63, 3.8) is 0 Å². The molecule has 2 fully saturated rings. The van der Waals surface area contributed by atoms with Crippen LogP contribution in [0.5, 0.6) is 0 Å². The molecule has 0 spiro atoms. The lowest BCUT2D eigenvalue weighted by Gasteiger charge is -2.25. The molecular formula is C22H38N6OS. The Morgan fingerprint density at radius 3 is 2.40 bits per heavy atom. The van der Waals surface area contributed by atoms with Crippen molar-refractivity contribution in [2.45, 2.75) is 82.6 Å². The fraction of sp³-hybridized carbons (Fsp3) is 0.727. The molecular weight excluding hydrogens is 396 g/mol. The van der Waals surface area contributed by atoms with Crippen LogP contribution in [0.1, 0.15) is 77.7 Å². The molecule has 0 radical (unpaired) electrons. The predicted octanol–water partition coefficient (Wildman–Crippen LogP) is 4.03. The standard InChI is InChI=1S/C14H21N5OS.C8H17N/c1-2-18-21(20)12-11-14(17-9-8-16-11)19(13(12)15)10-6-4-3-5-7-10;1-2-6-9-7-4-3-5-8-9/h8-10,18H,2-7,15H2,1H3;2-8H2,1H3. The summed E-state index contributed by atoms with van der Waals surface area (Å²) in [5.41, 5.74) is 7.73. The zero-order chi connectivity index (χ0) is 21.3. The quantitative estimate of drug-likeness (QED) is 0.716. The van der Waals surface area contributed by atoms with Crippen LogP contribution in [0.3, 0.4) is 0 Å². The van der Waals surface area contributed by atoms with Crippen molar-refractivity contribution in [1.82, 2.24) is 24.2 Å². The summed E-state index contributed by atoms with van der Waals surface area (Å²) in [6.45, 7) is 8.82. The van der Waals surface area contributed by atoms with Crippen LogP contribution in [0, 0.1) is 0 Å². The molecule has 7 nitrogen and oxygen atoms in total. The SMILES string of the molecule is CCCN1CCCCC1.CCNS(=O)c1c(N)n(C2CCCCC2)c2nccnc12. The van der Waals surface area contributed by atoms with Crippen LogP contribution >= 0.6 is 0 Å². The maximum atomic E-state index is 12.4. The van der Waals surface area contributed by atoms with Crippen LogP contribution in [0.25, 0.3) is 11.2 Å². The van der Waals surface area contributed by atoms with E-state index in [1.165, 1.54) is 64.6 Å². The minimum Gasteiger partial charge on any atom is -0.384 e. The molecule has 1 unspecified atom stereocenters. The highest BCUT2D eigenvalue weighted by Gasteiger charge is 2.26. The fourth-order valence-corrected chi connectivity index (χ4v) is 5.62. The van der Waals surface area contributed by atoms with Crippen molar-refractivity contribution in [2.24, 2.45) is 0 Å². The van der Waals surface area contributed by atoms with Crippen molar-refractivity contribution in [3.05, 3.63) is 12.4 Å². The number of hydrogen-bond acceptors (Lipinski definition) is 5. The molecule has 2 aromatic rings. The second-order valence-corrected chi connectivity index (χ2v) is 9.51. The summed E-state index contributed by atoms with van der Waals surface area (Å²) in [6.07, 6.45) is 14.8. The van der Waals surface area contributed by atoms with E-state index in [0.717, 1.165) is 18.5 Å². The van der Waals surface area contributed by atoms with Gasteiger partial charge in [0.05, 0.1) is 0 Å². The summed E-state index contributed by atoms with van der Waals surface area (Å²) in [5, 5.41) is 0. The lowest BCUT2D eigenvalue weighted by molar-refractivity contribution is 0.229. The Bertz CT molecular complexity index is 809. The lowest BCUT2D eigenvalue weighted by Crippen LogP contribution is -2.30. The van der Waals surface area contributed by atoms with E-state index in [1.54, 1.807) is 12.4 Å². The van der Waals surface area contributed by atoms with E-state index in [0.29, 0.717) is 28.8 Å². The molecule has 30 heavy (non-hydrogen) atoms. The van der Waals surface area contributed by atoms with Crippen LogP contribution < -0.4 is 10.5 Å². The smallest absolute Gasteiger partial charge is 0.161 e.